The van der Waals surface area contributed by atoms with Gasteiger partial charge >= 0.3 is 0 Å². The van der Waals surface area contributed by atoms with Gasteiger partial charge in [0.05, 0.1) is 5.69 Å². The van der Waals surface area contributed by atoms with E-state index in [1.54, 1.807) is 24.3 Å². The third kappa shape index (κ3) is 2.83. The van der Waals surface area contributed by atoms with Crippen LogP contribution in [0.1, 0.15) is 10.4 Å². The maximum atomic E-state index is 10.7. The molecule has 0 fully saturated rings. The fourth-order valence-electron chi connectivity index (χ4n) is 0.747. The molecule has 0 atom stereocenters. The molecule has 13 heavy (non-hydrogen) atoms. The van der Waals surface area contributed by atoms with Gasteiger partial charge in [-0.25, -0.2) is 0 Å². The highest BCUT2D eigenvalue weighted by molar-refractivity contribution is 6.67. The molecule has 0 N–H and O–H groups in total. The van der Waals surface area contributed by atoms with Crippen molar-refractivity contribution in [3.05, 3.63) is 29.8 Å². The van der Waals surface area contributed by atoms with Crippen molar-refractivity contribution in [1.29, 1.82) is 0 Å². The zero-order chi connectivity index (χ0) is 9.68. The Kier molecular flexibility index (Phi) is 3.40. The van der Waals surface area contributed by atoms with Gasteiger partial charge in [-0.2, -0.15) is 0 Å². The molecule has 0 aliphatic heterocycles. The predicted molar refractivity (Wildman–Crippen MR) is 48.2 cm³/mol. The molecule has 0 unspecified atom stereocenters. The van der Waals surface area contributed by atoms with E-state index in [-0.39, 0.29) is 0 Å². The van der Waals surface area contributed by atoms with Crippen molar-refractivity contribution in [3.63, 3.8) is 0 Å². The Labute approximate surface area is 80.1 Å². The first-order chi connectivity index (χ1) is 6.24. The summed E-state index contributed by atoms with van der Waals surface area (Å²) in [5.41, 5.74) is 1.03. The summed E-state index contributed by atoms with van der Waals surface area (Å²) < 4.78 is 0. The molecule has 0 saturated carbocycles. The molecule has 4 nitrogen and oxygen atoms in total. The standard InChI is InChI=1S/C8H7ClN2O2/c1-13-11-10-7-4-2-6(3-5-7)8(9)12/h2-5H,1H3/b11-10+. The third-order valence-corrected chi connectivity index (χ3v) is 1.55. The molecule has 0 aliphatic rings. The molecule has 0 aromatic heterocycles. The summed E-state index contributed by atoms with van der Waals surface area (Å²) in [6.07, 6.45) is 0. The minimum atomic E-state index is -0.491. The van der Waals surface area contributed by atoms with Gasteiger partial charge in [-0.05, 0) is 35.9 Å². The van der Waals surface area contributed by atoms with Crippen LogP contribution in [0, 0.1) is 0 Å². The van der Waals surface area contributed by atoms with Gasteiger partial charge in [0.15, 0.2) is 0 Å². The Morgan fingerprint density at radius 3 is 2.46 bits per heavy atom. The van der Waals surface area contributed by atoms with Crippen LogP contribution in [-0.2, 0) is 4.84 Å². The normalized spacial score (nSPS) is 10.3. The van der Waals surface area contributed by atoms with Crippen molar-refractivity contribution in [1.82, 2.24) is 0 Å². The Hall–Kier alpha value is -1.42. The fourth-order valence-corrected chi connectivity index (χ4v) is 0.873. The van der Waals surface area contributed by atoms with Crippen molar-refractivity contribution in [2.45, 2.75) is 0 Å². The van der Waals surface area contributed by atoms with Gasteiger partial charge in [-0.1, -0.05) is 0 Å². The summed E-state index contributed by atoms with van der Waals surface area (Å²) in [6, 6.07) is 6.38. The number of carbonyl (C=O) groups is 1. The van der Waals surface area contributed by atoms with Crippen molar-refractivity contribution in [2.24, 2.45) is 10.4 Å². The predicted octanol–water partition coefficient (Wildman–Crippen LogP) is 2.71. The summed E-state index contributed by atoms with van der Waals surface area (Å²) in [6.45, 7) is 0. The quantitative estimate of drug-likeness (QED) is 0.426. The SMILES string of the molecule is CO/N=N/c1ccc(C(=O)Cl)cc1. The van der Waals surface area contributed by atoms with Crippen molar-refractivity contribution >= 4 is 22.5 Å². The average molecular weight is 199 g/mol. The van der Waals surface area contributed by atoms with E-state index in [9.17, 15) is 4.79 Å². The lowest BCUT2D eigenvalue weighted by Crippen LogP contribution is -1.85. The topological polar surface area (TPSA) is 51.0 Å². The molecule has 0 aliphatic carbocycles. The lowest BCUT2D eigenvalue weighted by molar-refractivity contribution is 0.108. The van der Waals surface area contributed by atoms with E-state index in [0.717, 1.165) is 0 Å². The lowest BCUT2D eigenvalue weighted by atomic mass is 10.2. The molecule has 0 bridgehead atoms. The van der Waals surface area contributed by atoms with Crippen LogP contribution in [0.3, 0.4) is 0 Å². The highest BCUT2D eigenvalue weighted by Crippen LogP contribution is 2.14. The Bertz CT molecular complexity index is 321. The molecule has 1 rings (SSSR count). The van der Waals surface area contributed by atoms with Gasteiger partial charge in [0.25, 0.3) is 5.24 Å². The van der Waals surface area contributed by atoms with Crippen LogP contribution in [0.25, 0.3) is 0 Å². The first-order valence-electron chi connectivity index (χ1n) is 3.48. The molecule has 0 amide bonds. The van der Waals surface area contributed by atoms with Crippen LogP contribution < -0.4 is 0 Å². The zero-order valence-corrected chi connectivity index (χ0v) is 7.65. The summed E-state index contributed by atoms with van der Waals surface area (Å²) in [5.74, 6) is 0. The maximum absolute atomic E-state index is 10.7. The zero-order valence-electron chi connectivity index (χ0n) is 6.90. The number of carbonyl (C=O) groups excluding carboxylic acids is 1. The van der Waals surface area contributed by atoms with E-state index in [4.69, 9.17) is 11.6 Å². The van der Waals surface area contributed by atoms with E-state index in [2.05, 4.69) is 15.2 Å². The maximum Gasteiger partial charge on any atom is 0.252 e. The summed E-state index contributed by atoms with van der Waals surface area (Å²) in [7, 11) is 1.40. The number of rotatable bonds is 3. The molecule has 0 spiro atoms. The molecule has 0 heterocycles. The third-order valence-electron chi connectivity index (χ3n) is 1.33. The van der Waals surface area contributed by atoms with Crippen LogP contribution in [0.2, 0.25) is 0 Å². The van der Waals surface area contributed by atoms with Crippen LogP contribution in [0.4, 0.5) is 5.69 Å². The van der Waals surface area contributed by atoms with Crippen molar-refractivity contribution < 1.29 is 9.63 Å². The summed E-state index contributed by atoms with van der Waals surface area (Å²) >= 11 is 5.24. The highest BCUT2D eigenvalue weighted by Gasteiger charge is 1.99. The Morgan fingerprint density at radius 2 is 2.00 bits per heavy atom. The number of hydrogen-bond acceptors (Lipinski definition) is 4. The van der Waals surface area contributed by atoms with Crippen LogP contribution in [0.5, 0.6) is 0 Å². The van der Waals surface area contributed by atoms with Crippen molar-refractivity contribution in [3.8, 4) is 0 Å². The summed E-state index contributed by atoms with van der Waals surface area (Å²) in [4.78, 5) is 15.0. The van der Waals surface area contributed by atoms with Gasteiger partial charge in [0, 0.05) is 10.8 Å². The van der Waals surface area contributed by atoms with Crippen LogP contribution in [0.15, 0.2) is 34.7 Å². The van der Waals surface area contributed by atoms with Gasteiger partial charge in [0.2, 0.25) is 0 Å². The highest BCUT2D eigenvalue weighted by atomic mass is 35.5. The molecule has 1 aromatic carbocycles. The number of hydrogen-bond donors (Lipinski definition) is 0. The smallest absolute Gasteiger partial charge is 0.252 e. The second-order valence-corrected chi connectivity index (χ2v) is 2.53. The van der Waals surface area contributed by atoms with Gasteiger partial charge in [-0.3, -0.25) is 4.79 Å². The average Bonchev–Trinajstić information content (AvgIpc) is 2.15. The van der Waals surface area contributed by atoms with Gasteiger partial charge in [0.1, 0.15) is 7.11 Å². The first-order valence-corrected chi connectivity index (χ1v) is 3.86. The fraction of sp³-hybridized carbons (Fsp3) is 0.125. The second-order valence-electron chi connectivity index (χ2n) is 2.18. The molecule has 0 radical (unpaired) electrons. The van der Waals surface area contributed by atoms with E-state index < -0.39 is 5.24 Å². The van der Waals surface area contributed by atoms with Crippen LogP contribution >= 0.6 is 11.6 Å². The van der Waals surface area contributed by atoms with Crippen molar-refractivity contribution in [2.75, 3.05) is 7.11 Å². The monoisotopic (exact) mass is 198 g/mol. The largest absolute Gasteiger partial charge is 0.383 e. The Morgan fingerprint density at radius 1 is 1.38 bits per heavy atom. The number of halogens is 1. The Balaban J connectivity index is 2.81. The van der Waals surface area contributed by atoms with E-state index in [1.165, 1.54) is 7.11 Å². The van der Waals surface area contributed by atoms with Gasteiger partial charge < -0.3 is 4.84 Å². The molecule has 5 heteroatoms. The number of nitrogens with zero attached hydrogens (tertiary/aromatic N) is 2. The van der Waals surface area contributed by atoms with Gasteiger partial charge in [-0.15, -0.1) is 5.11 Å². The molecule has 68 valence electrons. The number of benzene rings is 1. The molecular weight excluding hydrogens is 192 g/mol. The summed E-state index contributed by atoms with van der Waals surface area (Å²) in [5, 5.41) is 6.51. The van der Waals surface area contributed by atoms with E-state index >= 15 is 0 Å². The first kappa shape index (κ1) is 9.67. The van der Waals surface area contributed by atoms with E-state index in [1.807, 2.05) is 0 Å². The second kappa shape index (κ2) is 4.57. The lowest BCUT2D eigenvalue weighted by Gasteiger charge is -1.93. The molecular formula is C8H7ClN2O2. The van der Waals surface area contributed by atoms with Crippen LogP contribution in [-0.4, -0.2) is 12.4 Å². The molecule has 0 saturated heterocycles. The molecule has 1 aromatic rings. The minimum Gasteiger partial charge on any atom is -0.383 e. The minimum absolute atomic E-state index is 0.429. The van der Waals surface area contributed by atoms with E-state index in [0.29, 0.717) is 11.3 Å².